The van der Waals surface area contributed by atoms with Crippen LogP contribution < -0.4 is 15.7 Å². The summed E-state index contributed by atoms with van der Waals surface area (Å²) in [7, 11) is 0. The van der Waals surface area contributed by atoms with E-state index in [1.165, 1.54) is 26.8 Å². The van der Waals surface area contributed by atoms with Crippen molar-refractivity contribution in [2.75, 3.05) is 0 Å². The van der Waals surface area contributed by atoms with Gasteiger partial charge >= 0.3 is 0 Å². The van der Waals surface area contributed by atoms with Gasteiger partial charge in [0.25, 0.3) is 11.1 Å². The zero-order valence-electron chi connectivity index (χ0n) is 17.5. The highest BCUT2D eigenvalue weighted by Crippen LogP contribution is 2.29. The van der Waals surface area contributed by atoms with Crippen LogP contribution in [-0.4, -0.2) is 14.0 Å². The van der Waals surface area contributed by atoms with E-state index < -0.39 is 0 Å². The molecule has 0 fully saturated rings. The van der Waals surface area contributed by atoms with Crippen molar-refractivity contribution in [2.24, 2.45) is 0 Å². The van der Waals surface area contributed by atoms with Gasteiger partial charge in [-0.05, 0) is 45.3 Å². The first-order valence-electron chi connectivity index (χ1n) is 10.0. The number of para-hydroxylation sites is 1. The Bertz CT molecular complexity index is 1420. The van der Waals surface area contributed by atoms with E-state index in [1.807, 2.05) is 19.9 Å². The average molecular weight is 408 g/mol. The Morgan fingerprint density at radius 3 is 2.55 bits per heavy atom. The molecule has 4 rings (SSSR count). The maximum Gasteiger partial charge on any atom is 0.277 e. The van der Waals surface area contributed by atoms with E-state index in [9.17, 15) is 9.59 Å². The molecule has 0 bridgehead atoms. The summed E-state index contributed by atoms with van der Waals surface area (Å²) in [6, 6.07) is 6.28. The van der Waals surface area contributed by atoms with Gasteiger partial charge < -0.3 is 4.57 Å². The van der Waals surface area contributed by atoms with E-state index in [0.717, 1.165) is 29.6 Å². The Morgan fingerprint density at radius 1 is 1.10 bits per heavy atom. The maximum absolute atomic E-state index is 13.1. The van der Waals surface area contributed by atoms with Crippen LogP contribution in [0.15, 0.2) is 27.8 Å². The molecular formula is C23H25N3O2S. The van der Waals surface area contributed by atoms with Crippen molar-refractivity contribution in [1.82, 2.24) is 14.0 Å². The van der Waals surface area contributed by atoms with E-state index >= 15 is 0 Å². The van der Waals surface area contributed by atoms with Crippen molar-refractivity contribution in [1.29, 1.82) is 0 Å². The molecular weight excluding hydrogens is 382 g/mol. The molecule has 0 aliphatic rings. The van der Waals surface area contributed by atoms with Gasteiger partial charge in [-0.25, -0.2) is 9.38 Å². The van der Waals surface area contributed by atoms with Gasteiger partial charge in [0.1, 0.15) is 0 Å². The lowest BCUT2D eigenvalue weighted by atomic mass is 10.1. The molecule has 0 spiro atoms. The second-order valence-corrected chi connectivity index (χ2v) is 8.50. The number of thiazole rings is 1. The Labute approximate surface area is 172 Å². The molecule has 0 atom stereocenters. The number of rotatable bonds is 4. The first-order chi connectivity index (χ1) is 13.9. The normalized spacial score (nSPS) is 12.5. The van der Waals surface area contributed by atoms with Crippen LogP contribution in [0.4, 0.5) is 0 Å². The van der Waals surface area contributed by atoms with Gasteiger partial charge in [0.05, 0.1) is 10.0 Å². The molecule has 0 amide bonds. The summed E-state index contributed by atoms with van der Waals surface area (Å²) in [5.74, 6) is 0. The minimum atomic E-state index is -0.277. The van der Waals surface area contributed by atoms with E-state index in [1.54, 1.807) is 0 Å². The molecule has 0 saturated carbocycles. The van der Waals surface area contributed by atoms with Crippen LogP contribution in [-0.2, 0) is 13.0 Å². The van der Waals surface area contributed by atoms with E-state index in [4.69, 9.17) is 0 Å². The largest absolute Gasteiger partial charge is 0.344 e. The van der Waals surface area contributed by atoms with Gasteiger partial charge in [-0.3, -0.25) is 9.59 Å². The lowest BCUT2D eigenvalue weighted by Gasteiger charge is -2.07. The van der Waals surface area contributed by atoms with Gasteiger partial charge in [-0.1, -0.05) is 43.4 Å². The topological polar surface area (TPSA) is 56.4 Å². The molecule has 1 aromatic carbocycles. The summed E-state index contributed by atoms with van der Waals surface area (Å²) in [5.41, 5.74) is 5.41. The number of benzene rings is 1. The van der Waals surface area contributed by atoms with Crippen LogP contribution in [0.2, 0.25) is 0 Å². The van der Waals surface area contributed by atoms with Gasteiger partial charge in [0.15, 0.2) is 0 Å². The zero-order chi connectivity index (χ0) is 20.9. The highest BCUT2D eigenvalue weighted by Gasteiger charge is 2.16. The molecule has 0 aliphatic carbocycles. The first kappa shape index (κ1) is 19.6. The summed E-state index contributed by atoms with van der Waals surface area (Å²) >= 11 is 1.28. The number of nitrogens with zero attached hydrogens (tertiary/aromatic N) is 3. The minimum Gasteiger partial charge on any atom is -0.344 e. The fraction of sp³-hybridized carbons (Fsp3) is 0.348. The van der Waals surface area contributed by atoms with E-state index in [2.05, 4.69) is 48.5 Å². The van der Waals surface area contributed by atoms with Crippen LogP contribution >= 0.6 is 11.3 Å². The molecule has 0 aliphatic heterocycles. The van der Waals surface area contributed by atoms with E-state index in [-0.39, 0.29) is 11.1 Å². The van der Waals surface area contributed by atoms with Crippen LogP contribution in [0.1, 0.15) is 48.3 Å². The molecule has 3 heterocycles. The molecule has 5 nitrogen and oxygen atoms in total. The average Bonchev–Trinajstić information content (AvgIpc) is 3.13. The smallest absolute Gasteiger partial charge is 0.277 e. The summed E-state index contributed by atoms with van der Waals surface area (Å²) in [4.78, 5) is 30.9. The highest BCUT2D eigenvalue weighted by molar-refractivity contribution is 7.15. The second kappa shape index (κ2) is 7.26. The lowest BCUT2D eigenvalue weighted by Crippen LogP contribution is -2.33. The fourth-order valence-corrected chi connectivity index (χ4v) is 5.19. The number of aromatic nitrogens is 3. The van der Waals surface area contributed by atoms with Crippen molar-refractivity contribution in [3.63, 3.8) is 0 Å². The van der Waals surface area contributed by atoms with Gasteiger partial charge in [0.2, 0.25) is 4.96 Å². The third-order valence-electron chi connectivity index (χ3n) is 5.64. The third kappa shape index (κ3) is 2.94. The summed E-state index contributed by atoms with van der Waals surface area (Å²) < 4.78 is 4.11. The molecule has 29 heavy (non-hydrogen) atoms. The quantitative estimate of drug-likeness (QED) is 0.520. The van der Waals surface area contributed by atoms with Crippen molar-refractivity contribution in [2.45, 2.75) is 54.0 Å². The van der Waals surface area contributed by atoms with Crippen molar-refractivity contribution >= 4 is 33.3 Å². The molecule has 150 valence electrons. The SMILES string of the molecule is CCCn1c(C)c(/C=c2\sc3nc(C)c(CC)c(=O)n3c2=O)c2cccc(C)c21. The molecule has 0 N–H and O–H groups in total. The Hall–Kier alpha value is -2.73. The Kier molecular flexibility index (Phi) is 4.90. The maximum atomic E-state index is 13.1. The molecule has 0 saturated heterocycles. The lowest BCUT2D eigenvalue weighted by molar-refractivity contribution is 0.684. The molecule has 6 heteroatoms. The van der Waals surface area contributed by atoms with Gasteiger partial charge in [0, 0.05) is 34.4 Å². The predicted octanol–water partition coefficient (Wildman–Crippen LogP) is 3.52. The van der Waals surface area contributed by atoms with Crippen LogP contribution in [0.25, 0.3) is 21.9 Å². The predicted molar refractivity (Wildman–Crippen MR) is 120 cm³/mol. The van der Waals surface area contributed by atoms with Gasteiger partial charge in [-0.2, -0.15) is 0 Å². The van der Waals surface area contributed by atoms with Gasteiger partial charge in [-0.15, -0.1) is 0 Å². The van der Waals surface area contributed by atoms with Crippen LogP contribution in [0, 0.1) is 20.8 Å². The third-order valence-corrected chi connectivity index (χ3v) is 6.61. The molecule has 0 unspecified atom stereocenters. The van der Waals surface area contributed by atoms with Crippen molar-refractivity contribution < 1.29 is 0 Å². The summed E-state index contributed by atoms with van der Waals surface area (Å²) in [6.07, 6.45) is 3.54. The Balaban J connectivity index is 2.08. The van der Waals surface area contributed by atoms with Crippen LogP contribution in [0.5, 0.6) is 0 Å². The summed E-state index contributed by atoms with van der Waals surface area (Å²) in [6.45, 7) is 11.1. The Morgan fingerprint density at radius 2 is 1.86 bits per heavy atom. The number of fused-ring (bicyclic) bond motifs is 2. The van der Waals surface area contributed by atoms with Crippen molar-refractivity contribution in [3.8, 4) is 0 Å². The minimum absolute atomic E-state index is 0.239. The number of aryl methyl sites for hydroxylation is 3. The fourth-order valence-electron chi connectivity index (χ4n) is 4.19. The number of hydrogen-bond acceptors (Lipinski definition) is 4. The highest BCUT2D eigenvalue weighted by atomic mass is 32.1. The first-order valence-corrected chi connectivity index (χ1v) is 10.9. The van der Waals surface area contributed by atoms with E-state index in [0.29, 0.717) is 27.2 Å². The summed E-state index contributed by atoms with van der Waals surface area (Å²) in [5, 5.41) is 1.14. The van der Waals surface area contributed by atoms with Crippen molar-refractivity contribution in [3.05, 3.63) is 71.5 Å². The second-order valence-electron chi connectivity index (χ2n) is 7.49. The molecule has 3 aromatic heterocycles. The molecule has 4 aromatic rings. The zero-order valence-corrected chi connectivity index (χ0v) is 18.3. The monoisotopic (exact) mass is 407 g/mol. The van der Waals surface area contributed by atoms with Crippen LogP contribution in [0.3, 0.4) is 0 Å². The molecule has 0 radical (unpaired) electrons. The standard InChI is InChI=1S/C23H25N3O2S/c1-6-11-25-15(5)18(17-10-8-9-13(3)20(17)25)12-19-22(28)26-21(27)16(7-2)14(4)24-23(26)29-19/h8-10,12H,6-7,11H2,1-5H3/b19-12-. The number of hydrogen-bond donors (Lipinski definition) is 0.